The van der Waals surface area contributed by atoms with Crippen LogP contribution in [0.5, 0.6) is 0 Å². The molecule has 0 unspecified atom stereocenters. The van der Waals surface area contributed by atoms with E-state index in [-0.39, 0.29) is 11.4 Å². The van der Waals surface area contributed by atoms with Crippen molar-refractivity contribution in [3.63, 3.8) is 0 Å². The lowest BCUT2D eigenvalue weighted by atomic mass is 10.0. The molecule has 0 fully saturated rings. The zero-order chi connectivity index (χ0) is 16.6. The molecule has 0 aliphatic rings. The summed E-state index contributed by atoms with van der Waals surface area (Å²) in [5.41, 5.74) is 4.85. The van der Waals surface area contributed by atoms with Crippen LogP contribution in [0.15, 0.2) is 45.6 Å². The minimum absolute atomic E-state index is 0.259. The molecular formula is C19H18FNO2. The Morgan fingerprint density at radius 2 is 1.83 bits per heavy atom. The van der Waals surface area contributed by atoms with Crippen molar-refractivity contribution < 1.29 is 8.81 Å². The van der Waals surface area contributed by atoms with Crippen LogP contribution < -0.4 is 10.9 Å². The molecule has 0 radical (unpaired) electrons. The van der Waals surface area contributed by atoms with E-state index < -0.39 is 0 Å². The van der Waals surface area contributed by atoms with Crippen molar-refractivity contribution in [2.45, 2.75) is 27.3 Å². The summed E-state index contributed by atoms with van der Waals surface area (Å²) in [6, 6.07) is 10.1. The van der Waals surface area contributed by atoms with Gasteiger partial charge in [0, 0.05) is 23.7 Å². The highest BCUT2D eigenvalue weighted by atomic mass is 19.1. The normalized spacial score (nSPS) is 11.0. The molecule has 0 spiro atoms. The molecule has 4 heteroatoms. The van der Waals surface area contributed by atoms with E-state index in [9.17, 15) is 9.18 Å². The van der Waals surface area contributed by atoms with Gasteiger partial charge in [0.15, 0.2) is 0 Å². The molecule has 23 heavy (non-hydrogen) atoms. The summed E-state index contributed by atoms with van der Waals surface area (Å²) in [6.45, 7) is 6.25. The molecule has 0 bridgehead atoms. The van der Waals surface area contributed by atoms with Gasteiger partial charge in [0.2, 0.25) is 0 Å². The number of nitrogens with one attached hydrogen (secondary N) is 1. The van der Waals surface area contributed by atoms with Crippen molar-refractivity contribution in [2.75, 3.05) is 5.32 Å². The van der Waals surface area contributed by atoms with Gasteiger partial charge in [-0.1, -0.05) is 12.1 Å². The third-order valence-corrected chi connectivity index (χ3v) is 4.18. The number of halogens is 1. The molecule has 3 rings (SSSR count). The lowest BCUT2D eigenvalue weighted by molar-refractivity contribution is 0.556. The van der Waals surface area contributed by atoms with Crippen LogP contribution in [-0.4, -0.2) is 0 Å². The van der Waals surface area contributed by atoms with Crippen LogP contribution in [0.25, 0.3) is 11.0 Å². The molecule has 1 N–H and O–H groups in total. The van der Waals surface area contributed by atoms with Crippen LogP contribution in [0, 0.1) is 26.6 Å². The summed E-state index contributed by atoms with van der Waals surface area (Å²) in [7, 11) is 0. The average molecular weight is 311 g/mol. The Morgan fingerprint density at radius 1 is 1.04 bits per heavy atom. The van der Waals surface area contributed by atoms with Gasteiger partial charge < -0.3 is 9.73 Å². The molecule has 0 aliphatic carbocycles. The molecule has 2 aromatic carbocycles. The zero-order valence-electron chi connectivity index (χ0n) is 13.4. The van der Waals surface area contributed by atoms with Crippen LogP contribution in [0.1, 0.15) is 22.3 Å². The van der Waals surface area contributed by atoms with E-state index in [1.807, 2.05) is 32.9 Å². The van der Waals surface area contributed by atoms with E-state index in [1.54, 1.807) is 6.07 Å². The number of benzene rings is 2. The van der Waals surface area contributed by atoms with E-state index in [1.165, 1.54) is 18.2 Å². The second kappa shape index (κ2) is 5.88. The highest BCUT2D eigenvalue weighted by molar-refractivity contribution is 5.84. The Hall–Kier alpha value is -2.62. The lowest BCUT2D eigenvalue weighted by Crippen LogP contribution is -2.07. The molecule has 3 nitrogen and oxygen atoms in total. The highest BCUT2D eigenvalue weighted by Crippen LogP contribution is 2.24. The standard InChI is InChI=1S/C19H18FNO2/c1-11-4-6-16-14(9-18(22)23-19(16)13(11)3)10-21-17-7-5-15(20)8-12(17)2/h4-9,21H,10H2,1-3H3. The van der Waals surface area contributed by atoms with Gasteiger partial charge in [-0.3, -0.25) is 0 Å². The van der Waals surface area contributed by atoms with Crippen molar-refractivity contribution in [2.24, 2.45) is 0 Å². The van der Waals surface area contributed by atoms with Gasteiger partial charge in [-0.2, -0.15) is 0 Å². The molecule has 0 aliphatic heterocycles. The lowest BCUT2D eigenvalue weighted by Gasteiger charge is -2.12. The predicted molar refractivity (Wildman–Crippen MR) is 90.4 cm³/mol. The third kappa shape index (κ3) is 2.97. The minimum atomic E-state index is -0.362. The van der Waals surface area contributed by atoms with E-state index in [0.29, 0.717) is 12.1 Å². The summed E-state index contributed by atoms with van der Waals surface area (Å²) in [5, 5.41) is 4.18. The maximum atomic E-state index is 13.2. The molecule has 0 saturated carbocycles. The summed E-state index contributed by atoms with van der Waals surface area (Å²) < 4.78 is 18.5. The van der Waals surface area contributed by atoms with Crippen molar-refractivity contribution in [3.8, 4) is 0 Å². The topological polar surface area (TPSA) is 42.2 Å². The summed E-state index contributed by atoms with van der Waals surface area (Å²) in [4.78, 5) is 11.8. The number of hydrogen-bond acceptors (Lipinski definition) is 3. The molecule has 0 atom stereocenters. The van der Waals surface area contributed by atoms with Crippen molar-refractivity contribution >= 4 is 16.7 Å². The second-order valence-corrected chi connectivity index (χ2v) is 5.79. The fraction of sp³-hybridized carbons (Fsp3) is 0.211. The zero-order valence-corrected chi connectivity index (χ0v) is 13.4. The van der Waals surface area contributed by atoms with Crippen molar-refractivity contribution in [1.82, 2.24) is 0 Å². The minimum Gasteiger partial charge on any atom is -0.422 e. The molecule has 1 heterocycles. The monoisotopic (exact) mass is 311 g/mol. The van der Waals surface area contributed by atoms with E-state index in [0.717, 1.165) is 33.3 Å². The van der Waals surface area contributed by atoms with Crippen LogP contribution >= 0.6 is 0 Å². The fourth-order valence-electron chi connectivity index (χ4n) is 2.69. The maximum Gasteiger partial charge on any atom is 0.336 e. The SMILES string of the molecule is Cc1cc(F)ccc1NCc1cc(=O)oc2c(C)c(C)ccc12. The molecular weight excluding hydrogens is 293 g/mol. The van der Waals surface area contributed by atoms with Crippen LogP contribution in [0.3, 0.4) is 0 Å². The summed E-state index contributed by atoms with van der Waals surface area (Å²) in [6.07, 6.45) is 0. The van der Waals surface area contributed by atoms with Gasteiger partial charge in [-0.25, -0.2) is 9.18 Å². The van der Waals surface area contributed by atoms with Gasteiger partial charge in [-0.15, -0.1) is 0 Å². The Balaban J connectivity index is 2.00. The van der Waals surface area contributed by atoms with Crippen LogP contribution in [0.2, 0.25) is 0 Å². The highest BCUT2D eigenvalue weighted by Gasteiger charge is 2.10. The second-order valence-electron chi connectivity index (χ2n) is 5.79. The summed E-state index contributed by atoms with van der Waals surface area (Å²) in [5.74, 6) is -0.259. The van der Waals surface area contributed by atoms with Gasteiger partial charge in [0.1, 0.15) is 11.4 Å². The molecule has 1 aromatic heterocycles. The smallest absolute Gasteiger partial charge is 0.336 e. The average Bonchev–Trinajstić information content (AvgIpc) is 2.50. The number of anilines is 1. The van der Waals surface area contributed by atoms with E-state index >= 15 is 0 Å². The molecule has 0 amide bonds. The number of rotatable bonds is 3. The van der Waals surface area contributed by atoms with Crippen LogP contribution in [0.4, 0.5) is 10.1 Å². The number of fused-ring (bicyclic) bond motifs is 1. The van der Waals surface area contributed by atoms with Crippen molar-refractivity contribution in [3.05, 3.63) is 74.9 Å². The molecule has 118 valence electrons. The quantitative estimate of drug-likeness (QED) is 0.726. The number of aryl methyl sites for hydroxylation is 3. The summed E-state index contributed by atoms with van der Waals surface area (Å²) >= 11 is 0. The Kier molecular flexibility index (Phi) is 3.90. The van der Waals surface area contributed by atoms with Gasteiger partial charge in [0.25, 0.3) is 0 Å². The molecule has 0 saturated heterocycles. The van der Waals surface area contributed by atoms with Gasteiger partial charge in [-0.05, 0) is 61.2 Å². The maximum absolute atomic E-state index is 13.2. The molecule has 3 aromatic rings. The van der Waals surface area contributed by atoms with E-state index in [2.05, 4.69) is 5.32 Å². The van der Waals surface area contributed by atoms with E-state index in [4.69, 9.17) is 4.42 Å². The van der Waals surface area contributed by atoms with Crippen molar-refractivity contribution in [1.29, 1.82) is 0 Å². The van der Waals surface area contributed by atoms with Crippen LogP contribution in [-0.2, 0) is 6.54 Å². The Labute approximate surface area is 133 Å². The largest absolute Gasteiger partial charge is 0.422 e. The first-order valence-corrected chi connectivity index (χ1v) is 7.48. The first-order chi connectivity index (χ1) is 11.0. The Morgan fingerprint density at radius 3 is 2.57 bits per heavy atom. The number of hydrogen-bond donors (Lipinski definition) is 1. The third-order valence-electron chi connectivity index (χ3n) is 4.18. The Bertz CT molecular complexity index is 944. The predicted octanol–water partition coefficient (Wildman–Crippen LogP) is 4.47. The van der Waals surface area contributed by atoms with Gasteiger partial charge >= 0.3 is 5.63 Å². The fourth-order valence-corrected chi connectivity index (χ4v) is 2.69. The van der Waals surface area contributed by atoms with Gasteiger partial charge in [0.05, 0.1) is 0 Å². The first kappa shape index (κ1) is 15.3. The first-order valence-electron chi connectivity index (χ1n) is 7.48.